The molecule has 4 N–H and O–H groups in total. The molecule has 0 bridgehead atoms. The monoisotopic (exact) mass is 389 g/mol. The highest BCUT2D eigenvalue weighted by molar-refractivity contribution is 8.00. The number of thioether (sulfide) groups is 1. The number of nitrogens with one attached hydrogen (secondary N) is 4. The molecule has 0 saturated carbocycles. The van der Waals surface area contributed by atoms with E-state index in [2.05, 4.69) is 25.3 Å². The summed E-state index contributed by atoms with van der Waals surface area (Å²) in [7, 11) is 0. The molecule has 27 heavy (non-hydrogen) atoms. The minimum Gasteiger partial charge on any atom is -0.333 e. The van der Waals surface area contributed by atoms with Crippen molar-refractivity contribution in [2.45, 2.75) is 17.3 Å². The minimum absolute atomic E-state index is 0.282. The Morgan fingerprint density at radius 3 is 2.63 bits per heavy atom. The number of hydrogen-bond acceptors (Lipinski definition) is 4. The Hall–Kier alpha value is -3.14. The molecular weight excluding hydrogens is 376 g/mol. The number of carbonyl (C=O) groups is 1. The van der Waals surface area contributed by atoms with Crippen LogP contribution in [0.4, 0.5) is 14.5 Å². The van der Waals surface area contributed by atoms with Crippen LogP contribution in [0.5, 0.6) is 0 Å². The number of H-pyrrole nitrogens is 3. The van der Waals surface area contributed by atoms with E-state index in [0.29, 0.717) is 27.4 Å². The number of rotatable bonds is 4. The highest BCUT2D eigenvalue weighted by Crippen LogP contribution is 2.26. The number of imidazole rings is 2. The third-order valence-electron chi connectivity index (χ3n) is 3.94. The maximum Gasteiger partial charge on any atom is 0.323 e. The molecule has 7 nitrogen and oxygen atoms in total. The molecule has 1 unspecified atom stereocenters. The molecule has 10 heteroatoms. The Balaban J connectivity index is 1.49. The zero-order valence-corrected chi connectivity index (χ0v) is 14.7. The van der Waals surface area contributed by atoms with Crippen LogP contribution in [0.2, 0.25) is 0 Å². The van der Waals surface area contributed by atoms with E-state index in [0.717, 1.165) is 23.9 Å². The number of fused-ring (bicyclic) bond motifs is 2. The predicted octanol–water partition coefficient (Wildman–Crippen LogP) is 3.13. The van der Waals surface area contributed by atoms with Crippen molar-refractivity contribution >= 4 is 45.4 Å². The lowest BCUT2D eigenvalue weighted by atomic mass is 10.2. The summed E-state index contributed by atoms with van der Waals surface area (Å²) in [6, 6.07) is 7.04. The number of anilines is 1. The third kappa shape index (κ3) is 3.43. The quantitative estimate of drug-likeness (QED) is 0.402. The molecule has 0 aliphatic rings. The molecule has 2 aromatic carbocycles. The molecule has 0 aliphatic heterocycles. The molecule has 1 atom stereocenters. The van der Waals surface area contributed by atoms with Crippen molar-refractivity contribution in [1.82, 2.24) is 19.9 Å². The number of aromatic nitrogens is 4. The second-order valence-corrected chi connectivity index (χ2v) is 7.24. The Kier molecular flexibility index (Phi) is 4.19. The van der Waals surface area contributed by atoms with Gasteiger partial charge >= 0.3 is 5.69 Å². The fourth-order valence-electron chi connectivity index (χ4n) is 2.61. The Bertz CT molecular complexity index is 1190. The van der Waals surface area contributed by atoms with E-state index >= 15 is 0 Å². The van der Waals surface area contributed by atoms with Crippen LogP contribution < -0.4 is 11.0 Å². The first kappa shape index (κ1) is 17.3. The first-order chi connectivity index (χ1) is 12.9. The molecule has 4 rings (SSSR count). The summed E-state index contributed by atoms with van der Waals surface area (Å²) in [6.45, 7) is 1.69. The highest BCUT2D eigenvalue weighted by Gasteiger charge is 2.18. The van der Waals surface area contributed by atoms with Crippen molar-refractivity contribution in [2.24, 2.45) is 0 Å². The highest BCUT2D eigenvalue weighted by atomic mass is 32.2. The summed E-state index contributed by atoms with van der Waals surface area (Å²) in [5, 5.41) is 2.61. The van der Waals surface area contributed by atoms with Crippen LogP contribution in [0.25, 0.3) is 22.1 Å². The van der Waals surface area contributed by atoms with E-state index in [9.17, 15) is 18.4 Å². The van der Waals surface area contributed by atoms with Crippen LogP contribution in [-0.2, 0) is 4.79 Å². The predicted molar refractivity (Wildman–Crippen MR) is 98.9 cm³/mol. The zero-order chi connectivity index (χ0) is 19.1. The lowest BCUT2D eigenvalue weighted by Gasteiger charge is -2.10. The molecule has 0 aliphatic carbocycles. The summed E-state index contributed by atoms with van der Waals surface area (Å²) in [4.78, 5) is 36.0. The first-order valence-electron chi connectivity index (χ1n) is 7.93. The van der Waals surface area contributed by atoms with Gasteiger partial charge in [0.05, 0.1) is 27.3 Å². The second-order valence-electron chi connectivity index (χ2n) is 5.91. The molecule has 138 valence electrons. The number of hydrogen-bond donors (Lipinski definition) is 4. The first-order valence-corrected chi connectivity index (χ1v) is 8.81. The number of amides is 1. The largest absolute Gasteiger partial charge is 0.333 e. The summed E-state index contributed by atoms with van der Waals surface area (Å²) in [5.74, 6) is -2.23. The van der Waals surface area contributed by atoms with Crippen molar-refractivity contribution in [3.63, 3.8) is 0 Å². The summed E-state index contributed by atoms with van der Waals surface area (Å²) in [5.41, 5.74) is 2.07. The third-order valence-corrected chi connectivity index (χ3v) is 4.93. The molecule has 2 heterocycles. The average Bonchev–Trinajstić information content (AvgIpc) is 3.16. The Morgan fingerprint density at radius 1 is 1.07 bits per heavy atom. The number of aromatic amines is 3. The Labute approximate surface area is 154 Å². The van der Waals surface area contributed by atoms with Crippen molar-refractivity contribution in [1.29, 1.82) is 0 Å². The van der Waals surface area contributed by atoms with Gasteiger partial charge in [0, 0.05) is 17.8 Å². The van der Waals surface area contributed by atoms with Crippen molar-refractivity contribution in [3.05, 3.63) is 52.5 Å². The SMILES string of the molecule is CC(Sc1nc2cc(F)c(F)cc2[nH]1)C(=O)Nc1ccc2[nH]c(=O)[nH]c2c1. The van der Waals surface area contributed by atoms with Gasteiger partial charge in [0.1, 0.15) is 0 Å². The zero-order valence-electron chi connectivity index (χ0n) is 13.9. The lowest BCUT2D eigenvalue weighted by Crippen LogP contribution is -2.22. The molecular formula is C17H13F2N5O2S. The molecule has 0 spiro atoms. The van der Waals surface area contributed by atoms with Gasteiger partial charge in [0.2, 0.25) is 5.91 Å². The fourth-order valence-corrected chi connectivity index (χ4v) is 3.43. The summed E-state index contributed by atoms with van der Waals surface area (Å²) < 4.78 is 26.6. The lowest BCUT2D eigenvalue weighted by molar-refractivity contribution is -0.115. The smallest absolute Gasteiger partial charge is 0.323 e. The van der Waals surface area contributed by atoms with E-state index in [-0.39, 0.29) is 17.1 Å². The van der Waals surface area contributed by atoms with Crippen LogP contribution >= 0.6 is 11.8 Å². The van der Waals surface area contributed by atoms with Gasteiger partial charge < -0.3 is 20.3 Å². The number of halogens is 2. The molecule has 0 fully saturated rings. The van der Waals surface area contributed by atoms with E-state index in [1.54, 1.807) is 25.1 Å². The minimum atomic E-state index is -0.977. The van der Waals surface area contributed by atoms with E-state index in [1.807, 2.05) is 0 Å². The molecule has 4 aromatic rings. The second kappa shape index (κ2) is 6.54. The van der Waals surface area contributed by atoms with Gasteiger partial charge in [-0.1, -0.05) is 11.8 Å². The average molecular weight is 389 g/mol. The topological polar surface area (TPSA) is 106 Å². The van der Waals surface area contributed by atoms with Gasteiger partial charge in [-0.3, -0.25) is 4.79 Å². The maximum atomic E-state index is 13.3. The molecule has 0 radical (unpaired) electrons. The molecule has 2 aromatic heterocycles. The summed E-state index contributed by atoms with van der Waals surface area (Å²) in [6.07, 6.45) is 0. The van der Waals surface area contributed by atoms with Gasteiger partial charge in [-0.05, 0) is 25.1 Å². The van der Waals surface area contributed by atoms with E-state index in [4.69, 9.17) is 0 Å². The number of nitrogens with zero attached hydrogens (tertiary/aromatic N) is 1. The van der Waals surface area contributed by atoms with Crippen molar-refractivity contribution in [3.8, 4) is 0 Å². The van der Waals surface area contributed by atoms with Gasteiger partial charge in [-0.2, -0.15) is 0 Å². The van der Waals surface area contributed by atoms with Crippen LogP contribution in [0.15, 0.2) is 40.3 Å². The number of benzene rings is 2. The Morgan fingerprint density at radius 2 is 1.81 bits per heavy atom. The van der Waals surface area contributed by atoms with Gasteiger partial charge in [0.15, 0.2) is 16.8 Å². The number of carbonyl (C=O) groups excluding carboxylic acids is 1. The molecule has 0 saturated heterocycles. The normalized spacial score (nSPS) is 12.6. The fraction of sp³-hybridized carbons (Fsp3) is 0.118. The summed E-state index contributed by atoms with van der Waals surface area (Å²) >= 11 is 1.13. The van der Waals surface area contributed by atoms with Crippen molar-refractivity contribution < 1.29 is 13.6 Å². The van der Waals surface area contributed by atoms with Crippen molar-refractivity contribution in [2.75, 3.05) is 5.32 Å². The van der Waals surface area contributed by atoms with Gasteiger partial charge in [-0.15, -0.1) is 0 Å². The van der Waals surface area contributed by atoms with Crippen LogP contribution in [-0.4, -0.2) is 31.1 Å². The van der Waals surface area contributed by atoms with Crippen LogP contribution in [0, 0.1) is 11.6 Å². The van der Waals surface area contributed by atoms with Gasteiger partial charge in [-0.25, -0.2) is 18.6 Å². The maximum absolute atomic E-state index is 13.3. The van der Waals surface area contributed by atoms with Crippen LogP contribution in [0.1, 0.15) is 6.92 Å². The molecule has 1 amide bonds. The van der Waals surface area contributed by atoms with Crippen LogP contribution in [0.3, 0.4) is 0 Å². The van der Waals surface area contributed by atoms with E-state index < -0.39 is 16.9 Å². The standard InChI is InChI=1S/C17H13F2N5O2S/c1-7(27-17-23-13-5-9(18)10(19)6-14(13)24-17)15(25)20-8-2-3-11-12(4-8)22-16(26)21-11/h2-7H,1H3,(H,20,25)(H,23,24)(H2,21,22,26). The van der Waals surface area contributed by atoms with Gasteiger partial charge in [0.25, 0.3) is 0 Å². The van der Waals surface area contributed by atoms with E-state index in [1.165, 1.54) is 0 Å².